The van der Waals surface area contributed by atoms with Crippen LogP contribution in [0.2, 0.25) is 0 Å². The van der Waals surface area contributed by atoms with Crippen molar-refractivity contribution in [1.29, 1.82) is 0 Å². The number of ether oxygens (including phenoxy) is 1. The maximum atomic E-state index is 12.9. The van der Waals surface area contributed by atoms with Gasteiger partial charge in [0, 0.05) is 49.1 Å². The molecule has 7 nitrogen and oxygen atoms in total. The van der Waals surface area contributed by atoms with Crippen LogP contribution in [0.15, 0.2) is 54.7 Å². The molecule has 0 fully saturated rings. The van der Waals surface area contributed by atoms with E-state index < -0.39 is 5.97 Å². The molecule has 3 rings (SSSR count). The van der Waals surface area contributed by atoms with Gasteiger partial charge in [0.15, 0.2) is 5.69 Å². The standard InChI is InChI=1S/C26H32N4O3/c1-5-19(6-2)24-18-23(26(32)33-7-3)28-30(24)22-13-11-20(12-14-22)25(31)29(4)17-15-21-10-8-9-16-27-21/h8-14,16,18-19H,5-7,15,17H2,1-4H3. The van der Waals surface area contributed by atoms with Crippen LogP contribution in [-0.4, -0.2) is 51.7 Å². The maximum Gasteiger partial charge on any atom is 0.358 e. The van der Waals surface area contributed by atoms with Crippen LogP contribution in [0.25, 0.3) is 5.69 Å². The molecule has 0 unspecified atom stereocenters. The molecule has 0 atom stereocenters. The predicted octanol–water partition coefficient (Wildman–Crippen LogP) is 4.66. The second kappa shape index (κ2) is 11.4. The number of carbonyl (C=O) groups excluding carboxylic acids is 2. The monoisotopic (exact) mass is 448 g/mol. The van der Waals surface area contributed by atoms with Crippen molar-refractivity contribution >= 4 is 11.9 Å². The van der Waals surface area contributed by atoms with Crippen LogP contribution in [0.4, 0.5) is 0 Å². The number of aromatic nitrogens is 3. The summed E-state index contributed by atoms with van der Waals surface area (Å²) in [6.07, 6.45) is 4.32. The maximum absolute atomic E-state index is 12.9. The lowest BCUT2D eigenvalue weighted by atomic mass is 9.99. The summed E-state index contributed by atoms with van der Waals surface area (Å²) in [5, 5.41) is 4.53. The van der Waals surface area contributed by atoms with Gasteiger partial charge in [-0.3, -0.25) is 9.78 Å². The van der Waals surface area contributed by atoms with Crippen LogP contribution >= 0.6 is 0 Å². The average Bonchev–Trinajstić information content (AvgIpc) is 3.29. The average molecular weight is 449 g/mol. The van der Waals surface area contributed by atoms with Crippen molar-refractivity contribution in [1.82, 2.24) is 19.7 Å². The number of hydrogen-bond donors (Lipinski definition) is 0. The first kappa shape index (κ1) is 24.2. The van der Waals surface area contributed by atoms with E-state index in [4.69, 9.17) is 4.74 Å². The lowest BCUT2D eigenvalue weighted by Crippen LogP contribution is -2.29. The van der Waals surface area contributed by atoms with E-state index in [1.54, 1.807) is 41.9 Å². The van der Waals surface area contributed by atoms with Crippen LogP contribution in [0, 0.1) is 0 Å². The summed E-state index contributed by atoms with van der Waals surface area (Å²) in [7, 11) is 1.80. The molecule has 0 aliphatic carbocycles. The van der Waals surface area contributed by atoms with Gasteiger partial charge in [0.2, 0.25) is 0 Å². The van der Waals surface area contributed by atoms with Gasteiger partial charge in [0.1, 0.15) is 0 Å². The molecule has 0 aliphatic rings. The van der Waals surface area contributed by atoms with Gasteiger partial charge in [-0.25, -0.2) is 9.48 Å². The van der Waals surface area contributed by atoms with Crippen LogP contribution < -0.4 is 0 Å². The number of amides is 1. The summed E-state index contributed by atoms with van der Waals surface area (Å²) in [5.41, 5.74) is 3.63. The normalized spacial score (nSPS) is 10.9. The van der Waals surface area contributed by atoms with Gasteiger partial charge in [-0.2, -0.15) is 5.10 Å². The summed E-state index contributed by atoms with van der Waals surface area (Å²) < 4.78 is 6.94. The van der Waals surface area contributed by atoms with E-state index in [-0.39, 0.29) is 11.8 Å². The second-order valence-electron chi connectivity index (χ2n) is 7.94. The molecule has 1 amide bonds. The van der Waals surface area contributed by atoms with E-state index in [2.05, 4.69) is 23.9 Å². The Morgan fingerprint density at radius 3 is 2.39 bits per heavy atom. The van der Waals surface area contributed by atoms with Crippen LogP contribution in [-0.2, 0) is 11.2 Å². The Labute approximate surface area is 195 Å². The largest absolute Gasteiger partial charge is 0.461 e. The van der Waals surface area contributed by atoms with Crippen molar-refractivity contribution in [2.24, 2.45) is 0 Å². The molecule has 3 aromatic rings. The fraction of sp³-hybridized carbons (Fsp3) is 0.385. The highest BCUT2D eigenvalue weighted by molar-refractivity contribution is 5.94. The van der Waals surface area contributed by atoms with Gasteiger partial charge in [0.05, 0.1) is 12.3 Å². The SMILES string of the molecule is CCOC(=O)c1cc(C(CC)CC)n(-c2ccc(C(=O)N(C)CCc3ccccn3)cc2)n1. The van der Waals surface area contributed by atoms with E-state index in [9.17, 15) is 9.59 Å². The Balaban J connectivity index is 1.79. The molecule has 0 saturated carbocycles. The van der Waals surface area contributed by atoms with E-state index in [0.717, 1.165) is 29.9 Å². The fourth-order valence-electron chi connectivity index (χ4n) is 3.80. The summed E-state index contributed by atoms with van der Waals surface area (Å²) in [4.78, 5) is 31.1. The molecular formula is C26H32N4O3. The number of benzene rings is 1. The van der Waals surface area contributed by atoms with Crippen molar-refractivity contribution in [3.05, 3.63) is 77.4 Å². The van der Waals surface area contributed by atoms with Crippen LogP contribution in [0.5, 0.6) is 0 Å². The smallest absolute Gasteiger partial charge is 0.358 e. The zero-order valence-electron chi connectivity index (χ0n) is 19.8. The number of likely N-dealkylation sites (N-methyl/N-ethyl adjacent to an activating group) is 1. The van der Waals surface area contributed by atoms with Crippen molar-refractivity contribution in [2.75, 3.05) is 20.2 Å². The van der Waals surface area contributed by atoms with Gasteiger partial charge in [-0.15, -0.1) is 0 Å². The molecule has 0 aliphatic heterocycles. The molecular weight excluding hydrogens is 416 g/mol. The Morgan fingerprint density at radius 2 is 1.79 bits per heavy atom. The van der Waals surface area contributed by atoms with Crippen molar-refractivity contribution in [3.63, 3.8) is 0 Å². The first-order chi connectivity index (χ1) is 16.0. The molecule has 0 N–H and O–H groups in total. The number of esters is 1. The topological polar surface area (TPSA) is 77.3 Å². The van der Waals surface area contributed by atoms with Crippen LogP contribution in [0.3, 0.4) is 0 Å². The molecule has 33 heavy (non-hydrogen) atoms. The fourth-order valence-corrected chi connectivity index (χ4v) is 3.80. The lowest BCUT2D eigenvalue weighted by Gasteiger charge is -2.18. The lowest BCUT2D eigenvalue weighted by molar-refractivity contribution is 0.0518. The van der Waals surface area contributed by atoms with Gasteiger partial charge < -0.3 is 9.64 Å². The first-order valence-electron chi connectivity index (χ1n) is 11.5. The molecule has 0 saturated heterocycles. The number of rotatable bonds is 10. The minimum atomic E-state index is -0.426. The zero-order valence-corrected chi connectivity index (χ0v) is 19.8. The Kier molecular flexibility index (Phi) is 8.35. The molecule has 2 aromatic heterocycles. The minimum absolute atomic E-state index is 0.0506. The highest BCUT2D eigenvalue weighted by atomic mass is 16.5. The summed E-state index contributed by atoms with van der Waals surface area (Å²) in [6, 6.07) is 14.9. The molecule has 0 radical (unpaired) electrons. The second-order valence-corrected chi connectivity index (χ2v) is 7.94. The van der Waals surface area contributed by atoms with Gasteiger partial charge >= 0.3 is 5.97 Å². The van der Waals surface area contributed by atoms with Gasteiger partial charge in [-0.05, 0) is 62.2 Å². The third-order valence-corrected chi connectivity index (χ3v) is 5.76. The van der Waals surface area contributed by atoms with E-state index >= 15 is 0 Å². The Hall–Kier alpha value is -3.48. The molecule has 174 valence electrons. The minimum Gasteiger partial charge on any atom is -0.461 e. The van der Waals surface area contributed by atoms with Gasteiger partial charge in [-0.1, -0.05) is 19.9 Å². The summed E-state index contributed by atoms with van der Waals surface area (Å²) in [6.45, 7) is 6.91. The predicted molar refractivity (Wildman–Crippen MR) is 128 cm³/mol. The van der Waals surface area contributed by atoms with Crippen LogP contribution in [0.1, 0.15) is 71.8 Å². The highest BCUT2D eigenvalue weighted by Gasteiger charge is 2.21. The van der Waals surface area contributed by atoms with Crippen molar-refractivity contribution < 1.29 is 14.3 Å². The Bertz CT molecular complexity index is 1060. The molecule has 0 spiro atoms. The van der Waals surface area contributed by atoms with E-state index in [0.29, 0.717) is 30.8 Å². The number of carbonyl (C=O) groups is 2. The first-order valence-corrected chi connectivity index (χ1v) is 11.5. The number of pyridine rings is 1. The quantitative estimate of drug-likeness (QED) is 0.422. The Morgan fingerprint density at radius 1 is 1.06 bits per heavy atom. The molecule has 1 aromatic carbocycles. The molecule has 2 heterocycles. The van der Waals surface area contributed by atoms with Crippen molar-refractivity contribution in [2.45, 2.75) is 46.0 Å². The van der Waals surface area contributed by atoms with E-state index in [1.807, 2.05) is 36.4 Å². The summed E-state index contributed by atoms with van der Waals surface area (Å²) >= 11 is 0. The third kappa shape index (κ3) is 5.86. The zero-order chi connectivity index (χ0) is 23.8. The number of nitrogens with zero attached hydrogens (tertiary/aromatic N) is 4. The summed E-state index contributed by atoms with van der Waals surface area (Å²) in [5.74, 6) is -0.213. The molecule has 0 bridgehead atoms. The number of hydrogen-bond acceptors (Lipinski definition) is 5. The highest BCUT2D eigenvalue weighted by Crippen LogP contribution is 2.27. The van der Waals surface area contributed by atoms with Gasteiger partial charge in [0.25, 0.3) is 5.91 Å². The van der Waals surface area contributed by atoms with E-state index in [1.165, 1.54) is 0 Å². The molecule has 7 heteroatoms. The van der Waals surface area contributed by atoms with Crippen molar-refractivity contribution in [3.8, 4) is 5.69 Å². The third-order valence-electron chi connectivity index (χ3n) is 5.76.